The van der Waals surface area contributed by atoms with Crippen LogP contribution < -0.4 is 0 Å². The predicted octanol–water partition coefficient (Wildman–Crippen LogP) is 11.7. The SMILES string of the molecule is CC(C)C(=O)CCC(=O)O[C@@H]1O[C@@H]2O[C@@]3(C)CC[C@H]4[C@H](C)CC[C@@](C)([C@H]1C)[C@@]24OO3.CC(C)C(=O)OC1O[C@@H]2O[C@@]3(C)CC[C@H]4[C@H](C)CC[C@@](C)([C@H]1C)[C@@]24OO3.CC(C)C(=O)O[C@@H]1O[C@@H]2O[C@@]3(C)CC[C@H]4[C@H](C)CC[C@@](C)([C@H]1C)[C@@]24OO3. The normalized spacial score (nSPS) is 51.1. The number of rotatable bonds is 9. The van der Waals surface area contributed by atoms with Crippen LogP contribution in [0.4, 0.5) is 0 Å². The summed E-state index contributed by atoms with van der Waals surface area (Å²) in [4.78, 5) is 84.9. The number of esters is 3. The average Bonchev–Trinajstić information content (AvgIpc) is 1.40. The molecular weight excluding hydrogens is 1060 g/mol. The minimum absolute atomic E-state index is 0.0221. The molecule has 3 aliphatic carbocycles. The summed E-state index contributed by atoms with van der Waals surface area (Å²) in [6.45, 7) is 36.4. The zero-order valence-electron chi connectivity index (χ0n) is 52.5. The molecule has 19 heteroatoms. The molecule has 12 saturated heterocycles. The maximum Gasteiger partial charge on any atom is 0.310 e. The van der Waals surface area contributed by atoms with Crippen LogP contribution in [0.25, 0.3) is 0 Å². The topological polar surface area (TPSA) is 207 Å². The van der Waals surface area contributed by atoms with Gasteiger partial charge in [-0.05, 0) is 114 Å². The summed E-state index contributed by atoms with van der Waals surface area (Å²) in [5, 5.41) is 0. The fourth-order valence-corrected chi connectivity index (χ4v) is 17.1. The molecule has 15 rings (SSSR count). The lowest BCUT2D eigenvalue weighted by Gasteiger charge is -2.65. The molecule has 0 aromatic carbocycles. The highest BCUT2D eigenvalue weighted by Crippen LogP contribution is 2.69. The third kappa shape index (κ3) is 9.80. The van der Waals surface area contributed by atoms with Crippen LogP contribution in [0, 0.1) is 87.3 Å². The molecule has 0 amide bonds. The molecule has 466 valence electrons. The molecule has 0 aromatic rings. The van der Waals surface area contributed by atoms with Crippen molar-refractivity contribution in [3.05, 3.63) is 0 Å². The van der Waals surface area contributed by atoms with Crippen molar-refractivity contribution in [1.82, 2.24) is 0 Å². The Hall–Kier alpha value is -2.40. The van der Waals surface area contributed by atoms with Crippen molar-refractivity contribution >= 4 is 23.7 Å². The van der Waals surface area contributed by atoms with Gasteiger partial charge < -0.3 is 42.6 Å². The van der Waals surface area contributed by atoms with Gasteiger partial charge in [0.05, 0.1) is 18.3 Å². The van der Waals surface area contributed by atoms with E-state index < -0.39 is 77.9 Å². The van der Waals surface area contributed by atoms with Gasteiger partial charge in [-0.15, -0.1) is 0 Å². The van der Waals surface area contributed by atoms with Crippen LogP contribution in [-0.2, 0) is 91.1 Å². The largest absolute Gasteiger partial charge is 0.435 e. The molecule has 3 spiro atoms. The van der Waals surface area contributed by atoms with Crippen molar-refractivity contribution in [2.75, 3.05) is 0 Å². The molecule has 1 unspecified atom stereocenters. The standard InChI is InChI=1S/C23H36O7.2C20H32O6/c1-13(2)17(24)7-8-18(25)26-19-15(4)21(5)11-9-14(3)16-10-12-22(6)28-20(27-19)23(16,21)30-29-22;2*1-11(2)15(21)22-16-13(4)18(5)9-7-12(3)14-8-10-19(6)24-17(23-16)20(14,18)26-25-19/h13-16,19-20H,7-12H2,1-6H3;2*11-14,16-17H,7-10H2,1-6H3/t14-,15+,16+,19-,20-,21+,22-,23+;12-,13+,14+,16?,17-,18+,19-,20+;12-,13+,14+,16-,17-,18+,19-,20+/m111/s1. The molecule has 15 aliphatic rings. The Balaban J connectivity index is 0.000000138. The van der Waals surface area contributed by atoms with E-state index in [-0.39, 0.29) is 88.2 Å². The summed E-state index contributed by atoms with van der Waals surface area (Å²) in [5.74, 6) is -1.69. The number of ether oxygens (including phenoxy) is 9. The summed E-state index contributed by atoms with van der Waals surface area (Å²) in [5.41, 5.74) is -2.92. The lowest BCUT2D eigenvalue weighted by molar-refractivity contribution is -0.586. The van der Waals surface area contributed by atoms with Crippen molar-refractivity contribution in [2.45, 2.75) is 286 Å². The summed E-state index contributed by atoms with van der Waals surface area (Å²) in [6.07, 6.45) is 7.71. The fraction of sp³-hybridized carbons (Fsp3) is 0.937. The average molecular weight is 1160 g/mol. The minimum atomic E-state index is -0.868. The van der Waals surface area contributed by atoms with Crippen LogP contribution in [-0.4, -0.2) is 95.6 Å². The first kappa shape index (κ1) is 62.6. The van der Waals surface area contributed by atoms with Gasteiger partial charge in [-0.2, -0.15) is 0 Å². The Morgan fingerprint density at radius 1 is 0.402 bits per heavy atom. The van der Waals surface area contributed by atoms with Gasteiger partial charge in [0.15, 0.2) is 35.7 Å². The van der Waals surface area contributed by atoms with E-state index in [1.54, 1.807) is 0 Å². The van der Waals surface area contributed by atoms with Crippen molar-refractivity contribution in [2.24, 2.45) is 87.3 Å². The molecule has 3 saturated carbocycles. The smallest absolute Gasteiger partial charge is 0.310 e. The molecule has 12 heterocycles. The molecule has 6 bridgehead atoms. The Morgan fingerprint density at radius 2 is 0.707 bits per heavy atom. The zero-order chi connectivity index (χ0) is 59.7. The van der Waals surface area contributed by atoms with Crippen LogP contribution in [0.2, 0.25) is 0 Å². The van der Waals surface area contributed by atoms with E-state index in [9.17, 15) is 19.2 Å². The van der Waals surface area contributed by atoms with Crippen LogP contribution >= 0.6 is 0 Å². The van der Waals surface area contributed by atoms with Crippen molar-refractivity contribution in [3.8, 4) is 0 Å². The second-order valence-electron chi connectivity index (χ2n) is 29.5. The molecule has 19 nitrogen and oxygen atoms in total. The van der Waals surface area contributed by atoms with Gasteiger partial charge in [-0.3, -0.25) is 19.2 Å². The number of hydrogen-bond donors (Lipinski definition) is 0. The number of carbonyl (C=O) groups is 4. The van der Waals surface area contributed by atoms with E-state index >= 15 is 0 Å². The molecule has 0 radical (unpaired) electrons. The molecule has 82 heavy (non-hydrogen) atoms. The summed E-state index contributed by atoms with van der Waals surface area (Å²) >= 11 is 0. The van der Waals surface area contributed by atoms with E-state index in [0.717, 1.165) is 77.0 Å². The first-order valence-electron chi connectivity index (χ1n) is 31.5. The van der Waals surface area contributed by atoms with Crippen LogP contribution in [0.15, 0.2) is 0 Å². The van der Waals surface area contributed by atoms with Gasteiger partial charge in [0.25, 0.3) is 0 Å². The fourth-order valence-electron chi connectivity index (χ4n) is 17.1. The maximum absolute atomic E-state index is 12.5. The first-order valence-corrected chi connectivity index (χ1v) is 31.5. The van der Waals surface area contributed by atoms with E-state index in [2.05, 4.69) is 62.3 Å². The van der Waals surface area contributed by atoms with Crippen LogP contribution in [0.3, 0.4) is 0 Å². The zero-order valence-corrected chi connectivity index (χ0v) is 52.5. The lowest BCUT2D eigenvalue weighted by atomic mass is 9.50. The minimum Gasteiger partial charge on any atom is -0.435 e. The second kappa shape index (κ2) is 22.0. The summed E-state index contributed by atoms with van der Waals surface area (Å²) in [7, 11) is 0. The van der Waals surface area contributed by atoms with Gasteiger partial charge in [-0.25, -0.2) is 29.3 Å². The third-order valence-electron chi connectivity index (χ3n) is 23.6. The number of hydrogen-bond acceptors (Lipinski definition) is 19. The number of fused-ring (bicyclic) bond motifs is 6. The molecule has 24 atom stereocenters. The van der Waals surface area contributed by atoms with Gasteiger partial charge in [0.2, 0.25) is 36.2 Å². The summed E-state index contributed by atoms with van der Waals surface area (Å²) < 4.78 is 55.0. The lowest BCUT2D eigenvalue weighted by Crippen LogP contribution is -2.74. The highest BCUT2D eigenvalue weighted by atomic mass is 17.3. The number of carbonyl (C=O) groups excluding carboxylic acids is 4. The highest BCUT2D eigenvalue weighted by Gasteiger charge is 2.78. The quantitative estimate of drug-likeness (QED) is 0.119. The number of ketones is 1. The Labute approximate surface area is 486 Å². The maximum atomic E-state index is 12.5. The van der Waals surface area contributed by atoms with Gasteiger partial charge >= 0.3 is 17.9 Å². The molecule has 15 fully saturated rings. The molecule has 12 aliphatic heterocycles. The van der Waals surface area contributed by atoms with E-state index in [1.165, 1.54) is 0 Å². The molecular formula is C63H100O19. The molecule has 0 aromatic heterocycles. The van der Waals surface area contributed by atoms with E-state index in [0.29, 0.717) is 29.6 Å². The van der Waals surface area contributed by atoms with Crippen molar-refractivity contribution < 1.29 is 91.1 Å². The van der Waals surface area contributed by atoms with E-state index in [1.807, 2.05) is 62.3 Å². The van der Waals surface area contributed by atoms with Gasteiger partial charge in [0.1, 0.15) is 5.78 Å². The van der Waals surface area contributed by atoms with Gasteiger partial charge in [0, 0.05) is 65.6 Å². The van der Waals surface area contributed by atoms with E-state index in [4.69, 9.17) is 72.0 Å². The number of Topliss-reactive ketones (excluding diaryl/α,β-unsaturated/α-hetero) is 1. The summed E-state index contributed by atoms with van der Waals surface area (Å²) in [6, 6.07) is 0. The first-order chi connectivity index (χ1) is 38.3. The van der Waals surface area contributed by atoms with Crippen LogP contribution in [0.1, 0.15) is 215 Å². The monoisotopic (exact) mass is 1160 g/mol. The third-order valence-corrected chi connectivity index (χ3v) is 23.6. The predicted molar refractivity (Wildman–Crippen MR) is 291 cm³/mol. The Bertz CT molecular complexity index is 2300. The Morgan fingerprint density at radius 3 is 1.00 bits per heavy atom. The van der Waals surface area contributed by atoms with Gasteiger partial charge in [-0.1, -0.05) is 104 Å². The highest BCUT2D eigenvalue weighted by molar-refractivity contribution is 5.84. The van der Waals surface area contributed by atoms with Crippen molar-refractivity contribution in [3.63, 3.8) is 0 Å². The molecule has 0 N–H and O–H groups in total. The van der Waals surface area contributed by atoms with Crippen molar-refractivity contribution in [1.29, 1.82) is 0 Å². The van der Waals surface area contributed by atoms with Crippen LogP contribution in [0.5, 0.6) is 0 Å². The Kier molecular flexibility index (Phi) is 16.8. The second-order valence-corrected chi connectivity index (χ2v) is 29.5.